The number of aliphatic hydroxyl groups is 1. The van der Waals surface area contributed by atoms with Crippen molar-refractivity contribution >= 4 is 33.2 Å². The minimum atomic E-state index is 0.0520. The standard InChI is InChI=1S/C14H13BrClNO/c15-14-5-4-12(16)7-11(14)8-17-13-3-1-2-10(6-13)9-18/h1-7,17-18H,8-9H2. The van der Waals surface area contributed by atoms with Crippen LogP contribution in [0.4, 0.5) is 5.69 Å². The summed E-state index contributed by atoms with van der Waals surface area (Å²) in [5.74, 6) is 0. The average Bonchev–Trinajstić information content (AvgIpc) is 2.40. The predicted molar refractivity (Wildman–Crippen MR) is 78.8 cm³/mol. The minimum absolute atomic E-state index is 0.0520. The molecule has 94 valence electrons. The van der Waals surface area contributed by atoms with Crippen LogP contribution in [0.1, 0.15) is 11.1 Å². The Bertz CT molecular complexity index is 545. The van der Waals surface area contributed by atoms with Crippen molar-refractivity contribution in [2.45, 2.75) is 13.2 Å². The number of hydrogen-bond acceptors (Lipinski definition) is 2. The summed E-state index contributed by atoms with van der Waals surface area (Å²) in [6.45, 7) is 0.729. The first-order valence-electron chi connectivity index (χ1n) is 5.56. The van der Waals surface area contributed by atoms with E-state index in [4.69, 9.17) is 16.7 Å². The van der Waals surface area contributed by atoms with Gasteiger partial charge in [0.2, 0.25) is 0 Å². The van der Waals surface area contributed by atoms with Crippen molar-refractivity contribution in [3.05, 3.63) is 63.1 Å². The Morgan fingerprint density at radius 3 is 2.78 bits per heavy atom. The lowest BCUT2D eigenvalue weighted by Crippen LogP contribution is -2.00. The van der Waals surface area contributed by atoms with Gasteiger partial charge in [0.05, 0.1) is 6.61 Å². The van der Waals surface area contributed by atoms with Gasteiger partial charge in [-0.1, -0.05) is 39.7 Å². The Morgan fingerprint density at radius 2 is 2.00 bits per heavy atom. The van der Waals surface area contributed by atoms with Gasteiger partial charge in [0.1, 0.15) is 0 Å². The molecule has 0 amide bonds. The van der Waals surface area contributed by atoms with Gasteiger partial charge in [-0.3, -0.25) is 0 Å². The van der Waals surface area contributed by atoms with E-state index < -0.39 is 0 Å². The molecule has 0 aliphatic heterocycles. The predicted octanol–water partition coefficient (Wildman–Crippen LogP) is 4.21. The van der Waals surface area contributed by atoms with Crippen molar-refractivity contribution in [2.75, 3.05) is 5.32 Å². The van der Waals surface area contributed by atoms with Crippen LogP contribution >= 0.6 is 27.5 Å². The number of benzene rings is 2. The molecule has 0 saturated carbocycles. The summed E-state index contributed by atoms with van der Waals surface area (Å²) < 4.78 is 1.03. The Balaban J connectivity index is 2.08. The number of rotatable bonds is 4. The third-order valence-corrected chi connectivity index (χ3v) is 3.61. The van der Waals surface area contributed by atoms with Crippen LogP contribution in [0.25, 0.3) is 0 Å². The van der Waals surface area contributed by atoms with Gasteiger partial charge in [-0.2, -0.15) is 0 Å². The Labute approximate surface area is 120 Å². The SMILES string of the molecule is OCc1cccc(NCc2cc(Cl)ccc2Br)c1. The molecule has 0 aromatic heterocycles. The molecule has 0 unspecified atom stereocenters. The lowest BCUT2D eigenvalue weighted by Gasteiger charge is -2.09. The lowest BCUT2D eigenvalue weighted by atomic mass is 10.2. The van der Waals surface area contributed by atoms with Gasteiger partial charge in [-0.05, 0) is 41.5 Å². The highest BCUT2D eigenvalue weighted by molar-refractivity contribution is 9.10. The topological polar surface area (TPSA) is 32.3 Å². The molecule has 0 bridgehead atoms. The number of halogens is 2. The highest BCUT2D eigenvalue weighted by atomic mass is 79.9. The first kappa shape index (κ1) is 13.4. The van der Waals surface area contributed by atoms with Gasteiger partial charge in [0, 0.05) is 21.7 Å². The van der Waals surface area contributed by atoms with Crippen molar-refractivity contribution < 1.29 is 5.11 Å². The number of hydrogen-bond donors (Lipinski definition) is 2. The number of aliphatic hydroxyl groups excluding tert-OH is 1. The molecule has 2 rings (SSSR count). The molecule has 0 fully saturated rings. The van der Waals surface area contributed by atoms with Crippen LogP contribution in [0.2, 0.25) is 5.02 Å². The van der Waals surface area contributed by atoms with Crippen LogP contribution < -0.4 is 5.32 Å². The van der Waals surface area contributed by atoms with E-state index in [0.717, 1.165) is 26.3 Å². The summed E-state index contributed by atoms with van der Waals surface area (Å²) in [6, 6.07) is 13.4. The molecule has 2 N–H and O–H groups in total. The maximum Gasteiger partial charge on any atom is 0.0682 e. The zero-order chi connectivity index (χ0) is 13.0. The Hall–Kier alpha value is -1.03. The van der Waals surface area contributed by atoms with Gasteiger partial charge in [0.15, 0.2) is 0 Å². The summed E-state index contributed by atoms with van der Waals surface area (Å²) >= 11 is 9.46. The summed E-state index contributed by atoms with van der Waals surface area (Å²) in [7, 11) is 0. The van der Waals surface area contributed by atoms with E-state index >= 15 is 0 Å². The normalized spacial score (nSPS) is 10.4. The molecule has 0 spiro atoms. The molecule has 0 heterocycles. The molecule has 0 aliphatic rings. The first-order valence-corrected chi connectivity index (χ1v) is 6.74. The second kappa shape index (κ2) is 6.23. The number of nitrogens with one attached hydrogen (secondary N) is 1. The molecular weight excluding hydrogens is 314 g/mol. The zero-order valence-electron chi connectivity index (χ0n) is 9.66. The smallest absolute Gasteiger partial charge is 0.0682 e. The fraction of sp³-hybridized carbons (Fsp3) is 0.143. The molecular formula is C14H13BrClNO. The monoisotopic (exact) mass is 325 g/mol. The Morgan fingerprint density at radius 1 is 1.17 bits per heavy atom. The van der Waals surface area contributed by atoms with E-state index in [1.807, 2.05) is 42.5 Å². The molecule has 0 saturated heterocycles. The van der Waals surface area contributed by atoms with Gasteiger partial charge in [0.25, 0.3) is 0 Å². The van der Waals surface area contributed by atoms with Gasteiger partial charge < -0.3 is 10.4 Å². The molecule has 0 radical (unpaired) electrons. The van der Waals surface area contributed by atoms with Gasteiger partial charge >= 0.3 is 0 Å². The molecule has 2 aromatic rings. The molecule has 18 heavy (non-hydrogen) atoms. The van der Waals surface area contributed by atoms with Crippen LogP contribution in [-0.2, 0) is 13.2 Å². The first-order chi connectivity index (χ1) is 8.69. The van der Waals surface area contributed by atoms with Crippen molar-refractivity contribution in [3.63, 3.8) is 0 Å². The van der Waals surface area contributed by atoms with Crippen LogP contribution in [-0.4, -0.2) is 5.11 Å². The summed E-state index contributed by atoms with van der Waals surface area (Å²) in [4.78, 5) is 0. The summed E-state index contributed by atoms with van der Waals surface area (Å²) in [6.07, 6.45) is 0. The fourth-order valence-electron chi connectivity index (χ4n) is 1.66. The van der Waals surface area contributed by atoms with Crippen LogP contribution in [0.15, 0.2) is 46.9 Å². The second-order valence-electron chi connectivity index (χ2n) is 3.95. The molecule has 4 heteroatoms. The van der Waals surface area contributed by atoms with E-state index in [1.54, 1.807) is 0 Å². The van der Waals surface area contributed by atoms with E-state index in [1.165, 1.54) is 0 Å². The van der Waals surface area contributed by atoms with E-state index in [2.05, 4.69) is 21.2 Å². The molecule has 2 aromatic carbocycles. The fourth-order valence-corrected chi connectivity index (χ4v) is 2.24. The quantitative estimate of drug-likeness (QED) is 0.882. The minimum Gasteiger partial charge on any atom is -0.392 e. The maximum absolute atomic E-state index is 9.08. The summed E-state index contributed by atoms with van der Waals surface area (Å²) in [5.41, 5.74) is 2.97. The Kier molecular flexibility index (Phi) is 4.64. The second-order valence-corrected chi connectivity index (χ2v) is 5.24. The van der Waals surface area contributed by atoms with Gasteiger partial charge in [-0.15, -0.1) is 0 Å². The molecule has 0 aliphatic carbocycles. The van der Waals surface area contributed by atoms with Crippen molar-refractivity contribution in [2.24, 2.45) is 0 Å². The zero-order valence-corrected chi connectivity index (χ0v) is 12.0. The molecule has 0 atom stereocenters. The van der Waals surface area contributed by atoms with Crippen LogP contribution in [0.5, 0.6) is 0 Å². The van der Waals surface area contributed by atoms with Crippen molar-refractivity contribution in [3.8, 4) is 0 Å². The van der Waals surface area contributed by atoms with Crippen molar-refractivity contribution in [1.29, 1.82) is 0 Å². The molecule has 2 nitrogen and oxygen atoms in total. The average molecular weight is 327 g/mol. The maximum atomic E-state index is 9.08. The van der Waals surface area contributed by atoms with E-state index in [-0.39, 0.29) is 6.61 Å². The van der Waals surface area contributed by atoms with Gasteiger partial charge in [-0.25, -0.2) is 0 Å². The van der Waals surface area contributed by atoms with Crippen LogP contribution in [0.3, 0.4) is 0 Å². The largest absolute Gasteiger partial charge is 0.392 e. The van der Waals surface area contributed by atoms with E-state index in [0.29, 0.717) is 6.54 Å². The highest BCUT2D eigenvalue weighted by Gasteiger charge is 2.01. The van der Waals surface area contributed by atoms with Crippen LogP contribution in [0, 0.1) is 0 Å². The highest BCUT2D eigenvalue weighted by Crippen LogP contribution is 2.22. The van der Waals surface area contributed by atoms with E-state index in [9.17, 15) is 0 Å². The third-order valence-electron chi connectivity index (χ3n) is 2.60. The third kappa shape index (κ3) is 3.48. The summed E-state index contributed by atoms with van der Waals surface area (Å²) in [5, 5.41) is 13.1. The lowest BCUT2D eigenvalue weighted by molar-refractivity contribution is 0.282. The number of anilines is 1. The van der Waals surface area contributed by atoms with Crippen molar-refractivity contribution in [1.82, 2.24) is 0 Å².